The van der Waals surface area contributed by atoms with Crippen molar-refractivity contribution in [2.24, 2.45) is 5.92 Å². The Labute approximate surface area is 120 Å². The van der Waals surface area contributed by atoms with Gasteiger partial charge >= 0.3 is 5.97 Å². The molecule has 0 heterocycles. The van der Waals surface area contributed by atoms with Gasteiger partial charge in [0.1, 0.15) is 17.5 Å². The number of ether oxygens (including phenoxy) is 3. The number of methoxy groups -OCH3 is 2. The van der Waals surface area contributed by atoms with Crippen LogP contribution in [0.3, 0.4) is 0 Å². The summed E-state index contributed by atoms with van der Waals surface area (Å²) >= 11 is 0. The van der Waals surface area contributed by atoms with E-state index >= 15 is 0 Å². The Morgan fingerprint density at radius 1 is 1.10 bits per heavy atom. The summed E-state index contributed by atoms with van der Waals surface area (Å²) < 4.78 is 15.6. The molecule has 0 radical (unpaired) electrons. The molecule has 0 aliphatic rings. The Morgan fingerprint density at radius 3 is 2.10 bits per heavy atom. The molecule has 0 spiro atoms. The summed E-state index contributed by atoms with van der Waals surface area (Å²) in [5.41, 5.74) is 0.746. The molecule has 1 N–H and O–H groups in total. The summed E-state index contributed by atoms with van der Waals surface area (Å²) in [4.78, 5) is 11.8. The van der Waals surface area contributed by atoms with Gasteiger partial charge in [0.2, 0.25) is 0 Å². The number of esters is 1. The number of hydrogen-bond donors (Lipinski definition) is 1. The predicted molar refractivity (Wildman–Crippen MR) is 78.4 cm³/mol. The highest BCUT2D eigenvalue weighted by molar-refractivity contribution is 5.79. The molecule has 1 rings (SSSR count). The van der Waals surface area contributed by atoms with E-state index in [1.54, 1.807) is 39.3 Å². The molecule has 0 aromatic heterocycles. The lowest BCUT2D eigenvalue weighted by molar-refractivity contribution is -0.145. The van der Waals surface area contributed by atoms with Crippen molar-refractivity contribution in [2.45, 2.75) is 26.8 Å². The third-order valence-electron chi connectivity index (χ3n) is 2.65. The number of carbonyl (C=O) groups is 1. The van der Waals surface area contributed by atoms with E-state index in [4.69, 9.17) is 14.2 Å². The standard InChI is InChI=1S/C15H23NO4/c1-10(2)9-20-15(17)11(3)16-12-6-13(18-4)8-14(7-12)19-5/h6-8,10-11,16H,9H2,1-5H3. The molecule has 0 fully saturated rings. The minimum Gasteiger partial charge on any atom is -0.497 e. The summed E-state index contributed by atoms with van der Waals surface area (Å²) in [5, 5.41) is 3.08. The molecule has 0 amide bonds. The van der Waals surface area contributed by atoms with Crippen molar-refractivity contribution in [3.8, 4) is 11.5 Å². The van der Waals surface area contributed by atoms with E-state index in [9.17, 15) is 4.79 Å². The maximum absolute atomic E-state index is 11.8. The maximum Gasteiger partial charge on any atom is 0.328 e. The third-order valence-corrected chi connectivity index (χ3v) is 2.65. The van der Waals surface area contributed by atoms with Crippen molar-refractivity contribution in [1.29, 1.82) is 0 Å². The van der Waals surface area contributed by atoms with Crippen LogP contribution in [0.1, 0.15) is 20.8 Å². The normalized spacial score (nSPS) is 11.9. The molecule has 5 nitrogen and oxygen atoms in total. The van der Waals surface area contributed by atoms with Gasteiger partial charge in [-0.2, -0.15) is 0 Å². The molecule has 0 aliphatic heterocycles. The first-order valence-electron chi connectivity index (χ1n) is 6.62. The fourth-order valence-electron chi connectivity index (χ4n) is 1.57. The van der Waals surface area contributed by atoms with E-state index < -0.39 is 6.04 Å². The van der Waals surface area contributed by atoms with Gasteiger partial charge in [0.25, 0.3) is 0 Å². The van der Waals surface area contributed by atoms with E-state index in [2.05, 4.69) is 5.32 Å². The lowest BCUT2D eigenvalue weighted by Gasteiger charge is -2.16. The van der Waals surface area contributed by atoms with Gasteiger partial charge in [-0.05, 0) is 12.8 Å². The van der Waals surface area contributed by atoms with Crippen molar-refractivity contribution in [1.82, 2.24) is 0 Å². The Balaban J connectivity index is 2.69. The molecule has 1 aromatic rings. The average molecular weight is 281 g/mol. The molecule has 0 saturated carbocycles. The minimum atomic E-state index is -0.439. The van der Waals surface area contributed by atoms with Gasteiger partial charge in [0, 0.05) is 23.9 Å². The van der Waals surface area contributed by atoms with Crippen molar-refractivity contribution >= 4 is 11.7 Å². The van der Waals surface area contributed by atoms with Crippen LogP contribution < -0.4 is 14.8 Å². The van der Waals surface area contributed by atoms with Gasteiger partial charge in [-0.15, -0.1) is 0 Å². The fraction of sp³-hybridized carbons (Fsp3) is 0.533. The van der Waals surface area contributed by atoms with Crippen molar-refractivity contribution < 1.29 is 19.0 Å². The number of benzene rings is 1. The topological polar surface area (TPSA) is 56.8 Å². The van der Waals surface area contributed by atoms with Crippen LogP contribution in [0, 0.1) is 5.92 Å². The zero-order valence-electron chi connectivity index (χ0n) is 12.7. The minimum absolute atomic E-state index is 0.277. The summed E-state index contributed by atoms with van der Waals surface area (Å²) in [6, 6.07) is 4.93. The van der Waals surface area contributed by atoms with Crippen molar-refractivity contribution in [3.05, 3.63) is 18.2 Å². The van der Waals surface area contributed by atoms with Crippen LogP contribution in [0.4, 0.5) is 5.69 Å². The largest absolute Gasteiger partial charge is 0.497 e. The number of nitrogens with one attached hydrogen (secondary N) is 1. The molecular formula is C15H23NO4. The zero-order chi connectivity index (χ0) is 15.1. The predicted octanol–water partition coefficient (Wildman–Crippen LogP) is 2.70. The Bertz CT molecular complexity index is 423. The summed E-state index contributed by atoms with van der Waals surface area (Å²) in [5.74, 6) is 1.37. The first-order valence-corrected chi connectivity index (χ1v) is 6.62. The van der Waals surface area contributed by atoms with Gasteiger partial charge in [-0.25, -0.2) is 4.79 Å². The molecule has 20 heavy (non-hydrogen) atoms. The van der Waals surface area contributed by atoms with Crippen LogP contribution in [0.5, 0.6) is 11.5 Å². The average Bonchev–Trinajstić information content (AvgIpc) is 2.43. The van der Waals surface area contributed by atoms with Gasteiger partial charge in [-0.1, -0.05) is 13.8 Å². The molecule has 1 atom stereocenters. The van der Waals surface area contributed by atoms with Gasteiger partial charge in [0.15, 0.2) is 0 Å². The van der Waals surface area contributed by atoms with Crippen LogP contribution in [0.15, 0.2) is 18.2 Å². The van der Waals surface area contributed by atoms with Crippen LogP contribution in [-0.2, 0) is 9.53 Å². The van der Waals surface area contributed by atoms with E-state index in [-0.39, 0.29) is 5.97 Å². The number of hydrogen-bond acceptors (Lipinski definition) is 5. The molecule has 0 bridgehead atoms. The Hall–Kier alpha value is -1.91. The quantitative estimate of drug-likeness (QED) is 0.779. The first-order chi connectivity index (χ1) is 9.46. The van der Waals surface area contributed by atoms with Crippen molar-refractivity contribution in [3.63, 3.8) is 0 Å². The maximum atomic E-state index is 11.8. The fourth-order valence-corrected chi connectivity index (χ4v) is 1.57. The Kier molecular flexibility index (Phi) is 6.15. The molecule has 1 unspecified atom stereocenters. The SMILES string of the molecule is COc1cc(NC(C)C(=O)OCC(C)C)cc(OC)c1. The van der Waals surface area contributed by atoms with Crippen LogP contribution in [0.25, 0.3) is 0 Å². The van der Waals surface area contributed by atoms with Gasteiger partial charge < -0.3 is 19.5 Å². The van der Waals surface area contributed by atoms with E-state index in [0.717, 1.165) is 5.69 Å². The number of anilines is 1. The smallest absolute Gasteiger partial charge is 0.328 e. The highest BCUT2D eigenvalue weighted by Crippen LogP contribution is 2.26. The zero-order valence-corrected chi connectivity index (χ0v) is 12.7. The van der Waals surface area contributed by atoms with Crippen LogP contribution in [-0.4, -0.2) is 32.8 Å². The number of rotatable bonds is 7. The molecular weight excluding hydrogens is 258 g/mol. The molecule has 0 aliphatic carbocycles. The first kappa shape index (κ1) is 16.1. The van der Waals surface area contributed by atoms with E-state index in [1.807, 2.05) is 13.8 Å². The van der Waals surface area contributed by atoms with E-state index in [0.29, 0.717) is 24.0 Å². The molecule has 112 valence electrons. The monoisotopic (exact) mass is 281 g/mol. The van der Waals surface area contributed by atoms with Crippen LogP contribution >= 0.6 is 0 Å². The lowest BCUT2D eigenvalue weighted by Crippen LogP contribution is -2.29. The summed E-state index contributed by atoms with van der Waals surface area (Å²) in [6.07, 6.45) is 0. The Morgan fingerprint density at radius 2 is 1.65 bits per heavy atom. The van der Waals surface area contributed by atoms with Crippen LogP contribution in [0.2, 0.25) is 0 Å². The third kappa shape index (κ3) is 4.99. The molecule has 0 saturated heterocycles. The second kappa shape index (κ2) is 7.62. The second-order valence-electron chi connectivity index (χ2n) is 4.99. The lowest BCUT2D eigenvalue weighted by atomic mass is 10.2. The molecule has 5 heteroatoms. The van der Waals surface area contributed by atoms with Gasteiger partial charge in [-0.3, -0.25) is 0 Å². The highest BCUT2D eigenvalue weighted by Gasteiger charge is 2.15. The highest BCUT2D eigenvalue weighted by atomic mass is 16.5. The van der Waals surface area contributed by atoms with Gasteiger partial charge in [0.05, 0.1) is 20.8 Å². The summed E-state index contributed by atoms with van der Waals surface area (Å²) in [7, 11) is 3.16. The number of carbonyl (C=O) groups excluding carboxylic acids is 1. The molecule has 1 aromatic carbocycles. The van der Waals surface area contributed by atoms with E-state index in [1.165, 1.54) is 0 Å². The summed E-state index contributed by atoms with van der Waals surface area (Å²) in [6.45, 7) is 6.18. The van der Waals surface area contributed by atoms with Crippen molar-refractivity contribution in [2.75, 3.05) is 26.1 Å². The second-order valence-corrected chi connectivity index (χ2v) is 4.99.